The van der Waals surface area contributed by atoms with Gasteiger partial charge in [0.1, 0.15) is 17.4 Å². The number of nitrogens with zero attached hydrogens (tertiary/aromatic N) is 4. The summed E-state index contributed by atoms with van der Waals surface area (Å²) < 4.78 is 13.3. The van der Waals surface area contributed by atoms with Crippen molar-refractivity contribution in [1.82, 2.24) is 15.0 Å². The van der Waals surface area contributed by atoms with E-state index in [4.69, 9.17) is 0 Å². The number of rotatable bonds is 3. The number of carbonyl (C=O) groups excluding carboxylic acids is 1. The molecule has 0 radical (unpaired) electrons. The van der Waals surface area contributed by atoms with Crippen molar-refractivity contribution in [2.45, 2.75) is 12.8 Å². The summed E-state index contributed by atoms with van der Waals surface area (Å²) in [6, 6.07) is 13.7. The monoisotopic (exact) mass is 348 g/mol. The van der Waals surface area contributed by atoms with Gasteiger partial charge in [-0.05, 0) is 36.4 Å². The minimum Gasteiger partial charge on any atom is -0.356 e. The minimum atomic E-state index is -0.301. The zero-order valence-corrected chi connectivity index (χ0v) is 14.1. The van der Waals surface area contributed by atoms with Gasteiger partial charge in [0.25, 0.3) is 0 Å². The van der Waals surface area contributed by atoms with Crippen molar-refractivity contribution in [3.05, 3.63) is 60.5 Å². The molecule has 0 unspecified atom stereocenters. The second kappa shape index (κ2) is 7.00. The van der Waals surface area contributed by atoms with Gasteiger partial charge >= 0.3 is 0 Å². The summed E-state index contributed by atoms with van der Waals surface area (Å²) in [5.74, 6) is 1.25. The van der Waals surface area contributed by atoms with E-state index >= 15 is 0 Å². The molecule has 0 spiro atoms. The number of piperidine rings is 1. The fourth-order valence-corrected chi connectivity index (χ4v) is 2.96. The Morgan fingerprint density at radius 1 is 0.923 bits per heavy atom. The van der Waals surface area contributed by atoms with E-state index < -0.39 is 0 Å². The fourth-order valence-electron chi connectivity index (χ4n) is 2.96. The third-order valence-corrected chi connectivity index (χ3v) is 4.39. The molecule has 0 N–H and O–H groups in total. The molecule has 0 bridgehead atoms. The van der Waals surface area contributed by atoms with E-state index in [1.807, 2.05) is 24.3 Å². The van der Waals surface area contributed by atoms with Crippen LogP contribution in [0.15, 0.2) is 54.7 Å². The molecule has 4 rings (SSSR count). The maximum Gasteiger partial charge on any atom is 0.162 e. The van der Waals surface area contributed by atoms with Crippen LogP contribution in [-0.4, -0.2) is 33.8 Å². The third kappa shape index (κ3) is 3.44. The minimum absolute atomic E-state index is 0.277. The quantitative estimate of drug-likeness (QED) is 0.725. The van der Waals surface area contributed by atoms with Crippen molar-refractivity contribution in [2.24, 2.45) is 0 Å². The summed E-state index contributed by atoms with van der Waals surface area (Å²) in [5, 5.41) is 0. The lowest BCUT2D eigenvalue weighted by molar-refractivity contribution is -0.119. The number of carbonyl (C=O) groups is 1. The predicted molar refractivity (Wildman–Crippen MR) is 97.1 cm³/mol. The van der Waals surface area contributed by atoms with Gasteiger partial charge in [-0.15, -0.1) is 0 Å². The van der Waals surface area contributed by atoms with E-state index in [9.17, 15) is 9.18 Å². The van der Waals surface area contributed by atoms with Gasteiger partial charge in [-0.2, -0.15) is 0 Å². The number of benzene rings is 1. The van der Waals surface area contributed by atoms with Crippen LogP contribution in [0, 0.1) is 5.82 Å². The number of hydrogen-bond acceptors (Lipinski definition) is 5. The maximum atomic E-state index is 13.3. The Kier molecular flexibility index (Phi) is 4.39. The highest BCUT2D eigenvalue weighted by molar-refractivity contribution is 5.81. The number of hydrogen-bond donors (Lipinski definition) is 0. The van der Waals surface area contributed by atoms with Crippen LogP contribution in [0.3, 0.4) is 0 Å². The molecule has 1 aromatic carbocycles. The average molecular weight is 348 g/mol. The predicted octanol–water partition coefficient (Wildman–Crippen LogP) is 3.51. The Labute approximate surface area is 150 Å². The van der Waals surface area contributed by atoms with Crippen LogP contribution >= 0.6 is 0 Å². The van der Waals surface area contributed by atoms with Crippen LogP contribution in [0.4, 0.5) is 10.2 Å². The third-order valence-electron chi connectivity index (χ3n) is 4.39. The highest BCUT2D eigenvalue weighted by Crippen LogP contribution is 2.26. The number of anilines is 1. The second-order valence-electron chi connectivity index (χ2n) is 6.18. The normalized spacial score (nSPS) is 14.5. The van der Waals surface area contributed by atoms with Crippen LogP contribution in [0.1, 0.15) is 12.8 Å². The molecule has 0 amide bonds. The molecule has 1 aliphatic heterocycles. The summed E-state index contributed by atoms with van der Waals surface area (Å²) in [6.45, 7) is 1.28. The molecule has 3 heterocycles. The second-order valence-corrected chi connectivity index (χ2v) is 6.18. The lowest BCUT2D eigenvalue weighted by atomic mass is 10.1. The van der Waals surface area contributed by atoms with Gasteiger partial charge in [-0.25, -0.2) is 14.4 Å². The van der Waals surface area contributed by atoms with Gasteiger partial charge in [-0.1, -0.05) is 6.07 Å². The SMILES string of the molecule is O=C1CCN(c2cc(-c3ccccn3)nc(-c3ccc(F)cc3)n2)CC1. The highest BCUT2D eigenvalue weighted by Gasteiger charge is 2.19. The van der Waals surface area contributed by atoms with E-state index in [1.54, 1.807) is 18.3 Å². The van der Waals surface area contributed by atoms with Crippen molar-refractivity contribution in [1.29, 1.82) is 0 Å². The summed E-state index contributed by atoms with van der Waals surface area (Å²) in [7, 11) is 0. The standard InChI is InChI=1S/C20H17FN4O/c21-15-6-4-14(5-7-15)20-23-18(17-3-1-2-10-22-17)13-19(24-20)25-11-8-16(26)9-12-25/h1-7,10,13H,8-9,11-12H2. The summed E-state index contributed by atoms with van der Waals surface area (Å²) in [5.41, 5.74) is 2.18. The first kappa shape index (κ1) is 16.3. The zero-order chi connectivity index (χ0) is 17.9. The van der Waals surface area contributed by atoms with E-state index in [0.29, 0.717) is 37.4 Å². The Balaban J connectivity index is 1.79. The van der Waals surface area contributed by atoms with Crippen LogP contribution < -0.4 is 4.90 Å². The topological polar surface area (TPSA) is 59.0 Å². The van der Waals surface area contributed by atoms with Crippen LogP contribution in [-0.2, 0) is 4.79 Å². The van der Waals surface area contributed by atoms with Crippen LogP contribution in [0.5, 0.6) is 0 Å². The number of ketones is 1. The first-order valence-corrected chi connectivity index (χ1v) is 8.52. The van der Waals surface area contributed by atoms with Gasteiger partial charge in [-0.3, -0.25) is 9.78 Å². The van der Waals surface area contributed by atoms with Crippen molar-refractivity contribution < 1.29 is 9.18 Å². The molecule has 26 heavy (non-hydrogen) atoms. The van der Waals surface area contributed by atoms with E-state index in [0.717, 1.165) is 17.1 Å². The average Bonchev–Trinajstić information content (AvgIpc) is 2.69. The molecular weight excluding hydrogens is 331 g/mol. The molecule has 130 valence electrons. The van der Waals surface area contributed by atoms with E-state index in [1.165, 1.54) is 12.1 Å². The smallest absolute Gasteiger partial charge is 0.162 e. The molecule has 1 aliphatic rings. The molecule has 0 aliphatic carbocycles. The van der Waals surface area contributed by atoms with Gasteiger partial charge in [0.05, 0.1) is 11.4 Å². The van der Waals surface area contributed by atoms with Crippen molar-refractivity contribution in [2.75, 3.05) is 18.0 Å². The zero-order valence-electron chi connectivity index (χ0n) is 14.1. The Morgan fingerprint density at radius 2 is 1.69 bits per heavy atom. The number of Topliss-reactive ketones (excluding diaryl/α,β-unsaturated/α-hetero) is 1. The first-order chi connectivity index (χ1) is 12.7. The maximum absolute atomic E-state index is 13.3. The van der Waals surface area contributed by atoms with Gasteiger partial charge < -0.3 is 4.90 Å². The van der Waals surface area contributed by atoms with E-state index in [-0.39, 0.29) is 11.6 Å². The largest absolute Gasteiger partial charge is 0.356 e. The molecule has 3 aromatic rings. The van der Waals surface area contributed by atoms with Gasteiger partial charge in [0.15, 0.2) is 5.82 Å². The van der Waals surface area contributed by atoms with Gasteiger partial charge in [0, 0.05) is 43.8 Å². The summed E-state index contributed by atoms with van der Waals surface area (Å²) >= 11 is 0. The molecular formula is C20H17FN4O. The molecule has 0 atom stereocenters. The Bertz CT molecular complexity index is 918. The Hall–Kier alpha value is -3.15. The van der Waals surface area contributed by atoms with Crippen LogP contribution in [0.2, 0.25) is 0 Å². The number of pyridine rings is 1. The molecule has 5 nitrogen and oxygen atoms in total. The molecule has 1 saturated heterocycles. The summed E-state index contributed by atoms with van der Waals surface area (Å²) in [6.07, 6.45) is 2.76. The highest BCUT2D eigenvalue weighted by atomic mass is 19.1. The first-order valence-electron chi connectivity index (χ1n) is 8.52. The number of aromatic nitrogens is 3. The molecule has 2 aromatic heterocycles. The molecule has 1 fully saturated rings. The Morgan fingerprint density at radius 3 is 2.38 bits per heavy atom. The van der Waals surface area contributed by atoms with Crippen LogP contribution in [0.25, 0.3) is 22.8 Å². The van der Waals surface area contributed by atoms with Crippen molar-refractivity contribution in [3.8, 4) is 22.8 Å². The molecule has 0 saturated carbocycles. The van der Waals surface area contributed by atoms with E-state index in [2.05, 4.69) is 19.9 Å². The number of halogens is 1. The lowest BCUT2D eigenvalue weighted by Gasteiger charge is -2.27. The lowest BCUT2D eigenvalue weighted by Crippen LogP contribution is -2.34. The summed E-state index contributed by atoms with van der Waals surface area (Å²) in [4.78, 5) is 27.3. The van der Waals surface area contributed by atoms with Crippen molar-refractivity contribution in [3.63, 3.8) is 0 Å². The van der Waals surface area contributed by atoms with Crippen molar-refractivity contribution >= 4 is 11.6 Å². The van der Waals surface area contributed by atoms with Gasteiger partial charge in [0.2, 0.25) is 0 Å². The molecule has 6 heteroatoms. The fraction of sp³-hybridized carbons (Fsp3) is 0.200.